The Kier molecular flexibility index (Phi) is 4.84. The van der Waals surface area contributed by atoms with Crippen molar-refractivity contribution in [1.82, 2.24) is 5.32 Å². The predicted molar refractivity (Wildman–Crippen MR) is 64.9 cm³/mol. The van der Waals surface area contributed by atoms with E-state index in [9.17, 15) is 0 Å². The summed E-state index contributed by atoms with van der Waals surface area (Å²) in [6.07, 6.45) is 1.19. The zero-order valence-electron chi connectivity index (χ0n) is 8.84. The number of hydrogen-bond donors (Lipinski definition) is 2. The van der Waals surface area contributed by atoms with Crippen molar-refractivity contribution in [2.24, 2.45) is 0 Å². The molecular weight excluding hydrogens is 192 g/mol. The third-order valence-electron chi connectivity index (χ3n) is 2.15. The quantitative estimate of drug-likeness (QED) is 0.445. The van der Waals surface area contributed by atoms with Crippen molar-refractivity contribution in [2.45, 2.75) is 18.2 Å². The molecule has 0 spiro atoms. The van der Waals surface area contributed by atoms with E-state index in [1.165, 1.54) is 16.9 Å². The lowest BCUT2D eigenvalue weighted by molar-refractivity contribution is 0.778. The minimum absolute atomic E-state index is 0.892. The Labute approximate surface area is 90.3 Å². The summed E-state index contributed by atoms with van der Waals surface area (Å²) in [6.45, 7) is 3.16. The van der Waals surface area contributed by atoms with Gasteiger partial charge >= 0.3 is 0 Å². The lowest BCUT2D eigenvalue weighted by Gasteiger charge is -2.07. The second kappa shape index (κ2) is 5.94. The van der Waals surface area contributed by atoms with Crippen molar-refractivity contribution < 1.29 is 0 Å². The van der Waals surface area contributed by atoms with Gasteiger partial charge in [0.2, 0.25) is 0 Å². The summed E-state index contributed by atoms with van der Waals surface area (Å²) < 4.78 is 0. The molecule has 0 atom stereocenters. The van der Waals surface area contributed by atoms with E-state index < -0.39 is 0 Å². The highest BCUT2D eigenvalue weighted by Crippen LogP contribution is 2.26. The Morgan fingerprint density at radius 3 is 2.93 bits per heavy atom. The number of benzene rings is 1. The van der Waals surface area contributed by atoms with Crippen molar-refractivity contribution in [1.29, 1.82) is 0 Å². The van der Waals surface area contributed by atoms with Gasteiger partial charge in [0.1, 0.15) is 0 Å². The standard InChI is InChI=1S/C11H18N2S/c1-9-10(12)5-3-6-11(9)14-8-4-7-13-2/h3,5-6,13H,4,7-8,12H2,1-2H3. The fourth-order valence-electron chi connectivity index (χ4n) is 1.22. The van der Waals surface area contributed by atoms with Crippen LogP contribution >= 0.6 is 11.8 Å². The molecule has 0 bridgehead atoms. The van der Waals surface area contributed by atoms with E-state index in [0.29, 0.717) is 0 Å². The minimum Gasteiger partial charge on any atom is -0.398 e. The number of anilines is 1. The second-order valence-corrected chi connectivity index (χ2v) is 4.41. The SMILES string of the molecule is CNCCCSc1cccc(N)c1C. The van der Waals surface area contributed by atoms with Gasteiger partial charge in [0.15, 0.2) is 0 Å². The molecule has 14 heavy (non-hydrogen) atoms. The molecule has 2 nitrogen and oxygen atoms in total. The Morgan fingerprint density at radius 2 is 2.21 bits per heavy atom. The van der Waals surface area contributed by atoms with Gasteiger partial charge in [-0.3, -0.25) is 0 Å². The Balaban J connectivity index is 2.46. The monoisotopic (exact) mass is 210 g/mol. The van der Waals surface area contributed by atoms with Crippen LogP contribution in [-0.2, 0) is 0 Å². The number of nitrogens with one attached hydrogen (secondary N) is 1. The van der Waals surface area contributed by atoms with Crippen LogP contribution in [0.2, 0.25) is 0 Å². The van der Waals surface area contributed by atoms with Gasteiger partial charge in [0.05, 0.1) is 0 Å². The average molecular weight is 210 g/mol. The molecule has 3 heteroatoms. The van der Waals surface area contributed by atoms with Gasteiger partial charge in [-0.15, -0.1) is 11.8 Å². The molecule has 0 aliphatic rings. The van der Waals surface area contributed by atoms with Gasteiger partial charge in [-0.05, 0) is 50.4 Å². The lowest BCUT2D eigenvalue weighted by atomic mass is 10.2. The summed E-state index contributed by atoms with van der Waals surface area (Å²) in [5, 5.41) is 3.14. The molecule has 1 aromatic carbocycles. The molecule has 0 saturated heterocycles. The molecule has 78 valence electrons. The molecule has 1 aromatic rings. The number of thioether (sulfide) groups is 1. The highest BCUT2D eigenvalue weighted by Gasteiger charge is 2.00. The summed E-state index contributed by atoms with van der Waals surface area (Å²) in [5.74, 6) is 1.14. The van der Waals surface area contributed by atoms with Crippen LogP contribution in [0.25, 0.3) is 0 Å². The van der Waals surface area contributed by atoms with Crippen molar-refractivity contribution in [3.8, 4) is 0 Å². The fraction of sp³-hybridized carbons (Fsp3) is 0.455. The number of hydrogen-bond acceptors (Lipinski definition) is 3. The predicted octanol–water partition coefficient (Wildman–Crippen LogP) is 2.28. The van der Waals surface area contributed by atoms with E-state index in [-0.39, 0.29) is 0 Å². The van der Waals surface area contributed by atoms with Crippen LogP contribution in [0.1, 0.15) is 12.0 Å². The van der Waals surface area contributed by atoms with E-state index in [1.807, 2.05) is 30.9 Å². The van der Waals surface area contributed by atoms with E-state index in [2.05, 4.69) is 18.3 Å². The molecule has 1 rings (SSSR count). The van der Waals surface area contributed by atoms with E-state index in [4.69, 9.17) is 5.73 Å². The second-order valence-electron chi connectivity index (χ2n) is 3.28. The minimum atomic E-state index is 0.892. The average Bonchev–Trinajstić information content (AvgIpc) is 2.19. The number of nitrogen functional groups attached to an aromatic ring is 1. The fourth-order valence-corrected chi connectivity index (χ4v) is 2.24. The molecule has 3 N–H and O–H groups in total. The van der Waals surface area contributed by atoms with Crippen LogP contribution in [0, 0.1) is 6.92 Å². The maximum absolute atomic E-state index is 5.83. The van der Waals surface area contributed by atoms with E-state index in [1.54, 1.807) is 0 Å². The van der Waals surface area contributed by atoms with Gasteiger partial charge in [-0.25, -0.2) is 0 Å². The summed E-state index contributed by atoms with van der Waals surface area (Å²) >= 11 is 1.88. The van der Waals surface area contributed by atoms with Crippen LogP contribution in [0.15, 0.2) is 23.1 Å². The first-order valence-corrected chi connectivity index (χ1v) is 5.86. The zero-order chi connectivity index (χ0) is 10.4. The van der Waals surface area contributed by atoms with Crippen LogP contribution in [0.4, 0.5) is 5.69 Å². The van der Waals surface area contributed by atoms with E-state index >= 15 is 0 Å². The largest absolute Gasteiger partial charge is 0.398 e. The van der Waals surface area contributed by atoms with Gasteiger partial charge in [-0.2, -0.15) is 0 Å². The smallest absolute Gasteiger partial charge is 0.0354 e. The van der Waals surface area contributed by atoms with Gasteiger partial charge in [-0.1, -0.05) is 6.07 Å². The van der Waals surface area contributed by atoms with Crippen LogP contribution in [-0.4, -0.2) is 19.3 Å². The summed E-state index contributed by atoms with van der Waals surface area (Å²) in [4.78, 5) is 1.31. The first kappa shape index (κ1) is 11.4. The number of rotatable bonds is 5. The summed E-state index contributed by atoms with van der Waals surface area (Å²) in [7, 11) is 1.98. The lowest BCUT2D eigenvalue weighted by Crippen LogP contribution is -2.08. The molecule has 0 aliphatic heterocycles. The van der Waals surface area contributed by atoms with Crippen LogP contribution in [0.5, 0.6) is 0 Å². The molecule has 0 fully saturated rings. The summed E-state index contributed by atoms with van der Waals surface area (Å²) in [5.41, 5.74) is 7.93. The molecule has 0 radical (unpaired) electrons. The van der Waals surface area contributed by atoms with Gasteiger partial charge < -0.3 is 11.1 Å². The third kappa shape index (κ3) is 3.24. The molecule has 0 aromatic heterocycles. The van der Waals surface area contributed by atoms with E-state index in [0.717, 1.165) is 18.0 Å². The Bertz CT molecular complexity index is 287. The first-order valence-electron chi connectivity index (χ1n) is 4.88. The van der Waals surface area contributed by atoms with Crippen molar-refractivity contribution in [2.75, 3.05) is 25.1 Å². The Hall–Kier alpha value is -0.670. The normalized spacial score (nSPS) is 10.4. The van der Waals surface area contributed by atoms with Crippen molar-refractivity contribution in [3.63, 3.8) is 0 Å². The molecule has 0 unspecified atom stereocenters. The molecule has 0 heterocycles. The molecule has 0 aliphatic carbocycles. The van der Waals surface area contributed by atoms with Gasteiger partial charge in [0, 0.05) is 10.6 Å². The topological polar surface area (TPSA) is 38.0 Å². The summed E-state index contributed by atoms with van der Waals surface area (Å²) in [6, 6.07) is 6.10. The highest BCUT2D eigenvalue weighted by molar-refractivity contribution is 7.99. The first-order chi connectivity index (χ1) is 6.75. The maximum Gasteiger partial charge on any atom is 0.0354 e. The van der Waals surface area contributed by atoms with Crippen LogP contribution in [0.3, 0.4) is 0 Å². The number of nitrogens with two attached hydrogens (primary N) is 1. The molecular formula is C11H18N2S. The molecule has 0 saturated carbocycles. The third-order valence-corrected chi connectivity index (χ3v) is 3.40. The van der Waals surface area contributed by atoms with Crippen molar-refractivity contribution >= 4 is 17.4 Å². The zero-order valence-corrected chi connectivity index (χ0v) is 9.66. The van der Waals surface area contributed by atoms with Crippen molar-refractivity contribution in [3.05, 3.63) is 23.8 Å². The maximum atomic E-state index is 5.83. The van der Waals surface area contributed by atoms with Gasteiger partial charge in [0.25, 0.3) is 0 Å². The van der Waals surface area contributed by atoms with Crippen LogP contribution < -0.4 is 11.1 Å². The highest BCUT2D eigenvalue weighted by atomic mass is 32.2. The Morgan fingerprint density at radius 1 is 1.43 bits per heavy atom. The molecule has 0 amide bonds.